The third-order valence-electron chi connectivity index (χ3n) is 5.97. The highest BCUT2D eigenvalue weighted by Gasteiger charge is 2.25. The molecule has 1 N–H and O–H groups in total. The number of hydrogen-bond donors (Lipinski definition) is 1. The number of nitrogens with one attached hydrogen (secondary N) is 1. The SMILES string of the molecule is N#Cc1ccc(-c2ccc(Cl)cc2)nc1SCCC(=O)Nc1sc2c(c1C#N)CCc1ccccc1-2. The minimum absolute atomic E-state index is 0.168. The molecule has 2 heterocycles. The molecule has 0 bridgehead atoms. The second-order valence-electron chi connectivity index (χ2n) is 8.20. The smallest absolute Gasteiger partial charge is 0.225 e. The number of rotatable bonds is 6. The van der Waals surface area contributed by atoms with Crippen molar-refractivity contribution in [2.75, 3.05) is 11.1 Å². The van der Waals surface area contributed by atoms with Gasteiger partial charge in [0, 0.05) is 27.6 Å². The van der Waals surface area contributed by atoms with Gasteiger partial charge in [0.15, 0.2) is 0 Å². The van der Waals surface area contributed by atoms with Crippen LogP contribution in [0.25, 0.3) is 21.7 Å². The summed E-state index contributed by atoms with van der Waals surface area (Å²) >= 11 is 8.82. The van der Waals surface area contributed by atoms with Crippen LogP contribution in [0.5, 0.6) is 0 Å². The minimum atomic E-state index is -0.168. The second-order valence-corrected chi connectivity index (χ2v) is 10.7. The standard InChI is InChI=1S/C28H19ClN4OS2/c29-20-9-5-18(6-10-20)24-12-8-19(15-30)27(32-24)35-14-13-25(34)33-28-23(16-31)22-11-7-17-3-1-2-4-21(17)26(22)36-28/h1-6,8-10,12H,7,11,13-14H2,(H,33,34). The van der Waals surface area contributed by atoms with Gasteiger partial charge in [-0.1, -0.05) is 48.0 Å². The van der Waals surface area contributed by atoms with Gasteiger partial charge in [0.05, 0.1) is 16.8 Å². The van der Waals surface area contributed by atoms with E-state index in [9.17, 15) is 15.3 Å². The van der Waals surface area contributed by atoms with Crippen LogP contribution < -0.4 is 5.32 Å². The lowest BCUT2D eigenvalue weighted by molar-refractivity contribution is -0.115. The van der Waals surface area contributed by atoms with E-state index in [4.69, 9.17) is 11.6 Å². The van der Waals surface area contributed by atoms with Crippen LogP contribution in [0.2, 0.25) is 5.02 Å². The Morgan fingerprint density at radius 3 is 2.64 bits per heavy atom. The number of benzene rings is 2. The molecule has 36 heavy (non-hydrogen) atoms. The largest absolute Gasteiger partial charge is 0.317 e. The zero-order valence-electron chi connectivity index (χ0n) is 19.0. The molecular weight excluding hydrogens is 508 g/mol. The van der Waals surface area contributed by atoms with E-state index in [2.05, 4.69) is 34.6 Å². The molecule has 0 spiro atoms. The average molecular weight is 527 g/mol. The molecule has 176 valence electrons. The summed E-state index contributed by atoms with van der Waals surface area (Å²) in [6.07, 6.45) is 1.92. The van der Waals surface area contributed by atoms with Gasteiger partial charge in [0.25, 0.3) is 0 Å². The van der Waals surface area contributed by atoms with E-state index in [-0.39, 0.29) is 12.3 Å². The molecule has 0 saturated heterocycles. The van der Waals surface area contributed by atoms with Crippen LogP contribution in [0, 0.1) is 22.7 Å². The summed E-state index contributed by atoms with van der Waals surface area (Å²) < 4.78 is 0. The monoisotopic (exact) mass is 526 g/mol. The van der Waals surface area contributed by atoms with E-state index in [1.54, 1.807) is 24.3 Å². The fourth-order valence-corrected chi connectivity index (χ4v) is 6.51. The Morgan fingerprint density at radius 1 is 1.06 bits per heavy atom. The minimum Gasteiger partial charge on any atom is -0.317 e. The molecule has 5 nitrogen and oxygen atoms in total. The lowest BCUT2D eigenvalue weighted by Gasteiger charge is -2.15. The van der Waals surface area contributed by atoms with Crippen LogP contribution in [0.3, 0.4) is 0 Å². The van der Waals surface area contributed by atoms with Crippen molar-refractivity contribution in [3.8, 4) is 33.8 Å². The summed E-state index contributed by atoms with van der Waals surface area (Å²) in [5.41, 5.74) is 6.10. The number of carbonyl (C=O) groups excluding carboxylic acids is 1. The summed E-state index contributed by atoms with van der Waals surface area (Å²) in [6.45, 7) is 0. The van der Waals surface area contributed by atoms with Crippen LogP contribution in [-0.2, 0) is 17.6 Å². The molecule has 1 aliphatic carbocycles. The maximum absolute atomic E-state index is 12.8. The first-order valence-electron chi connectivity index (χ1n) is 11.3. The quantitative estimate of drug-likeness (QED) is 0.271. The molecule has 0 saturated carbocycles. The third kappa shape index (κ3) is 4.87. The first-order valence-corrected chi connectivity index (χ1v) is 13.5. The number of aromatic nitrogens is 1. The molecule has 0 fully saturated rings. The second kappa shape index (κ2) is 10.6. The lowest BCUT2D eigenvalue weighted by Crippen LogP contribution is -2.12. The molecule has 2 aromatic carbocycles. The molecule has 0 radical (unpaired) electrons. The number of fused-ring (bicyclic) bond motifs is 3. The predicted molar refractivity (Wildman–Crippen MR) is 145 cm³/mol. The van der Waals surface area contributed by atoms with Crippen LogP contribution in [0.15, 0.2) is 65.7 Å². The average Bonchev–Trinajstić information content (AvgIpc) is 3.26. The van der Waals surface area contributed by atoms with Crippen molar-refractivity contribution in [2.24, 2.45) is 0 Å². The normalized spacial score (nSPS) is 11.6. The van der Waals surface area contributed by atoms with Gasteiger partial charge in [-0.3, -0.25) is 4.79 Å². The third-order valence-corrected chi connectivity index (χ3v) is 8.39. The molecule has 1 aliphatic rings. The van der Waals surface area contributed by atoms with E-state index in [1.807, 2.05) is 24.3 Å². The van der Waals surface area contributed by atoms with E-state index < -0.39 is 0 Å². The highest BCUT2D eigenvalue weighted by atomic mass is 35.5. The maximum Gasteiger partial charge on any atom is 0.225 e. The fourth-order valence-electron chi connectivity index (χ4n) is 4.19. The molecule has 2 aromatic heterocycles. The molecule has 0 atom stereocenters. The Hall–Kier alpha value is -3.62. The molecular formula is C28H19ClN4OS2. The Bertz CT molecular complexity index is 1550. The van der Waals surface area contributed by atoms with E-state index in [0.717, 1.165) is 40.1 Å². The molecule has 0 unspecified atom stereocenters. The summed E-state index contributed by atoms with van der Waals surface area (Å²) in [4.78, 5) is 18.5. The van der Waals surface area contributed by atoms with E-state index in [0.29, 0.717) is 31.9 Å². The summed E-state index contributed by atoms with van der Waals surface area (Å²) in [5, 5.41) is 24.1. The summed E-state index contributed by atoms with van der Waals surface area (Å²) in [7, 11) is 0. The highest BCUT2D eigenvalue weighted by Crippen LogP contribution is 2.44. The number of aryl methyl sites for hydroxylation is 1. The fraction of sp³-hybridized carbons (Fsp3) is 0.143. The van der Waals surface area contributed by atoms with E-state index >= 15 is 0 Å². The van der Waals surface area contributed by atoms with Crippen LogP contribution in [0.1, 0.15) is 28.7 Å². The van der Waals surface area contributed by atoms with Gasteiger partial charge < -0.3 is 5.32 Å². The molecule has 8 heteroatoms. The number of amides is 1. The van der Waals surface area contributed by atoms with Gasteiger partial charge in [-0.15, -0.1) is 23.1 Å². The highest BCUT2D eigenvalue weighted by molar-refractivity contribution is 7.99. The number of carbonyl (C=O) groups is 1. The van der Waals surface area contributed by atoms with Gasteiger partial charge in [-0.05, 0) is 53.8 Å². The van der Waals surface area contributed by atoms with Gasteiger partial charge in [-0.2, -0.15) is 10.5 Å². The first kappa shape index (κ1) is 24.1. The Kier molecular flexibility index (Phi) is 7.06. The van der Waals surface area contributed by atoms with Crippen molar-refractivity contribution in [1.82, 2.24) is 4.98 Å². The van der Waals surface area contributed by atoms with Crippen molar-refractivity contribution < 1.29 is 4.79 Å². The van der Waals surface area contributed by atoms with Crippen molar-refractivity contribution in [2.45, 2.75) is 24.3 Å². The number of thiophene rings is 1. The van der Waals surface area contributed by atoms with Crippen molar-refractivity contribution in [3.05, 3.63) is 87.9 Å². The lowest BCUT2D eigenvalue weighted by atomic mass is 9.90. The van der Waals surface area contributed by atoms with Crippen LogP contribution in [-0.4, -0.2) is 16.6 Å². The zero-order valence-corrected chi connectivity index (χ0v) is 21.4. The Morgan fingerprint density at radius 2 is 1.86 bits per heavy atom. The number of pyridine rings is 1. The predicted octanol–water partition coefficient (Wildman–Crippen LogP) is 7.09. The molecule has 5 rings (SSSR count). The summed E-state index contributed by atoms with van der Waals surface area (Å²) in [5.74, 6) is 0.283. The maximum atomic E-state index is 12.8. The van der Waals surface area contributed by atoms with Crippen molar-refractivity contribution in [1.29, 1.82) is 10.5 Å². The van der Waals surface area contributed by atoms with Crippen LogP contribution in [0.4, 0.5) is 5.00 Å². The Balaban J connectivity index is 1.28. The number of nitriles is 2. The van der Waals surface area contributed by atoms with Crippen molar-refractivity contribution >= 4 is 45.6 Å². The topological polar surface area (TPSA) is 89.6 Å². The molecule has 1 amide bonds. The van der Waals surface area contributed by atoms with Gasteiger partial charge in [-0.25, -0.2) is 4.98 Å². The number of nitrogens with zero attached hydrogens (tertiary/aromatic N) is 3. The van der Waals surface area contributed by atoms with Gasteiger partial charge >= 0.3 is 0 Å². The van der Waals surface area contributed by atoms with Crippen molar-refractivity contribution in [3.63, 3.8) is 0 Å². The molecule has 0 aliphatic heterocycles. The summed E-state index contributed by atoms with van der Waals surface area (Å²) in [6, 6.07) is 23.6. The zero-order chi connectivity index (χ0) is 25.1. The number of hydrogen-bond acceptors (Lipinski definition) is 6. The first-order chi connectivity index (χ1) is 17.6. The molecule has 4 aromatic rings. The number of anilines is 1. The number of thioether (sulfide) groups is 1. The Labute approximate surface area is 222 Å². The van der Waals surface area contributed by atoms with Crippen LogP contribution >= 0.6 is 34.7 Å². The number of halogens is 1. The van der Waals surface area contributed by atoms with E-state index in [1.165, 1.54) is 28.7 Å². The van der Waals surface area contributed by atoms with Gasteiger partial charge in [0.2, 0.25) is 5.91 Å². The van der Waals surface area contributed by atoms with Gasteiger partial charge in [0.1, 0.15) is 22.2 Å².